The van der Waals surface area contributed by atoms with Crippen molar-refractivity contribution >= 4 is 34.4 Å². The summed E-state index contributed by atoms with van der Waals surface area (Å²) in [5.74, 6) is -0.313. The number of aliphatic carboxylic acids is 1. The average Bonchev–Trinajstić information content (AvgIpc) is 3.10. The van der Waals surface area contributed by atoms with Gasteiger partial charge >= 0.3 is 5.97 Å². The highest BCUT2D eigenvalue weighted by Gasteiger charge is 2.19. The second kappa shape index (κ2) is 19.7. The molecule has 6 N–H and O–H groups in total. The van der Waals surface area contributed by atoms with Crippen LogP contribution in [0.25, 0.3) is 21.9 Å². The number of carbonyl (C=O) groups is 3. The maximum Gasteiger partial charge on any atom is 0.305 e. The number of hydrogen-bond acceptors (Lipinski definition) is 9. The van der Waals surface area contributed by atoms with Gasteiger partial charge in [-0.05, 0) is 59.2 Å². The number of nitrogens with zero attached hydrogens (tertiary/aromatic N) is 1. The molecule has 1 aromatic heterocycles. The van der Waals surface area contributed by atoms with Crippen LogP contribution in [0, 0.1) is 6.92 Å². The molecule has 1 atom stereocenters. The van der Waals surface area contributed by atoms with Gasteiger partial charge < -0.3 is 41.0 Å². The van der Waals surface area contributed by atoms with Gasteiger partial charge in [0.2, 0.25) is 11.8 Å². The molecule has 2 amide bonds. The molecule has 0 aliphatic heterocycles. The van der Waals surface area contributed by atoms with Crippen molar-refractivity contribution in [1.82, 2.24) is 15.6 Å². The van der Waals surface area contributed by atoms with Crippen molar-refractivity contribution in [3.63, 3.8) is 0 Å². The number of carboxylic acid groups (broad SMARTS) is 1. The van der Waals surface area contributed by atoms with E-state index < -0.39 is 17.9 Å². The number of anilines is 1. The Balaban J connectivity index is 1.30. The third-order valence-electron chi connectivity index (χ3n) is 7.59. The molecule has 0 saturated heterocycles. The molecule has 4 aromatic rings. The molecule has 49 heavy (non-hydrogen) atoms. The van der Waals surface area contributed by atoms with Crippen LogP contribution in [0.3, 0.4) is 0 Å². The van der Waals surface area contributed by atoms with Gasteiger partial charge in [0.25, 0.3) is 0 Å². The van der Waals surface area contributed by atoms with Crippen LogP contribution in [0.1, 0.15) is 36.4 Å². The molecule has 0 radical (unpaired) electrons. The quantitative estimate of drug-likeness (QED) is 0.0807. The zero-order valence-electron chi connectivity index (χ0n) is 27.8. The Morgan fingerprint density at radius 1 is 0.878 bits per heavy atom. The van der Waals surface area contributed by atoms with Crippen LogP contribution in [0.15, 0.2) is 79.0 Å². The number of aryl methyl sites for hydroxylation is 1. The van der Waals surface area contributed by atoms with Crippen molar-refractivity contribution in [3.8, 4) is 16.9 Å². The first-order chi connectivity index (χ1) is 23.8. The van der Waals surface area contributed by atoms with Gasteiger partial charge in [-0.25, -0.2) is 4.98 Å². The van der Waals surface area contributed by atoms with E-state index in [4.69, 9.17) is 19.9 Å². The summed E-state index contributed by atoms with van der Waals surface area (Å²) in [7, 11) is 0. The molecule has 0 fully saturated rings. The van der Waals surface area contributed by atoms with Crippen molar-refractivity contribution in [1.29, 1.82) is 0 Å². The summed E-state index contributed by atoms with van der Waals surface area (Å²) < 4.78 is 16.9. The van der Waals surface area contributed by atoms with Gasteiger partial charge in [-0.2, -0.15) is 0 Å². The van der Waals surface area contributed by atoms with Crippen LogP contribution >= 0.6 is 0 Å². The van der Waals surface area contributed by atoms with E-state index in [0.717, 1.165) is 39.0 Å². The van der Waals surface area contributed by atoms with Gasteiger partial charge in [0, 0.05) is 31.1 Å². The second-order valence-electron chi connectivity index (χ2n) is 11.4. The molecule has 0 bridgehead atoms. The normalized spacial score (nSPS) is 11.6. The smallest absolute Gasteiger partial charge is 0.305 e. The van der Waals surface area contributed by atoms with Gasteiger partial charge in [-0.3, -0.25) is 14.4 Å². The summed E-state index contributed by atoms with van der Waals surface area (Å²) in [5, 5.41) is 20.0. The number of carboxylic acids is 1. The lowest BCUT2D eigenvalue weighted by Crippen LogP contribution is -2.39. The number of carbonyl (C=O) groups excluding carboxylic acids is 2. The van der Waals surface area contributed by atoms with Crippen molar-refractivity contribution in [3.05, 3.63) is 90.1 Å². The van der Waals surface area contributed by atoms with Gasteiger partial charge in [0.1, 0.15) is 18.2 Å². The summed E-state index contributed by atoms with van der Waals surface area (Å²) in [6.45, 7) is 5.04. The number of nitrogens with two attached hydrogens (primary N) is 1. The molecule has 0 saturated carbocycles. The highest BCUT2D eigenvalue weighted by Crippen LogP contribution is 2.35. The third kappa shape index (κ3) is 12.2. The first-order valence-electron chi connectivity index (χ1n) is 16.4. The zero-order valence-corrected chi connectivity index (χ0v) is 27.8. The first kappa shape index (κ1) is 36.8. The second-order valence-corrected chi connectivity index (χ2v) is 11.4. The highest BCUT2D eigenvalue weighted by atomic mass is 16.5. The molecule has 260 valence electrons. The Morgan fingerprint density at radius 3 is 2.35 bits per heavy atom. The van der Waals surface area contributed by atoms with Gasteiger partial charge in [-0.1, -0.05) is 54.6 Å². The molecule has 0 aliphatic carbocycles. The van der Waals surface area contributed by atoms with E-state index in [-0.39, 0.29) is 25.3 Å². The summed E-state index contributed by atoms with van der Waals surface area (Å²) in [4.78, 5) is 40.9. The maximum absolute atomic E-state index is 12.7. The van der Waals surface area contributed by atoms with Crippen molar-refractivity contribution in [2.24, 2.45) is 5.73 Å². The number of aromatic nitrogens is 1. The van der Waals surface area contributed by atoms with Crippen LogP contribution < -0.4 is 26.4 Å². The minimum absolute atomic E-state index is 0.230. The van der Waals surface area contributed by atoms with Crippen LogP contribution in [-0.2, 0) is 23.9 Å². The lowest BCUT2D eigenvalue weighted by molar-refractivity contribution is -0.138. The Labute approximate surface area is 286 Å². The fourth-order valence-corrected chi connectivity index (χ4v) is 5.20. The fourth-order valence-electron chi connectivity index (χ4n) is 5.20. The van der Waals surface area contributed by atoms with E-state index in [0.29, 0.717) is 58.1 Å². The molecule has 12 heteroatoms. The molecule has 0 unspecified atom stereocenters. The lowest BCUT2D eigenvalue weighted by atomic mass is 9.95. The SMILES string of the molecule is Cc1ccnc(NCCCC(=O)NCC(=O)N[C@H](CC(=O)O)c2ccc(-c3ccc(OCCOCCOCCN)c4ccccc34)cc2)c1. The van der Waals surface area contributed by atoms with Crippen molar-refractivity contribution in [2.45, 2.75) is 32.2 Å². The number of pyridine rings is 1. The topological polar surface area (TPSA) is 174 Å². The van der Waals surface area contributed by atoms with Crippen LogP contribution in [0.2, 0.25) is 0 Å². The molecule has 0 aliphatic rings. The lowest BCUT2D eigenvalue weighted by Gasteiger charge is -2.19. The number of benzene rings is 3. The summed E-state index contributed by atoms with van der Waals surface area (Å²) >= 11 is 0. The van der Waals surface area contributed by atoms with E-state index in [2.05, 4.69) is 20.9 Å². The highest BCUT2D eigenvalue weighted by molar-refractivity contribution is 6.00. The number of amides is 2. The number of fused-ring (bicyclic) bond motifs is 1. The average molecular weight is 672 g/mol. The van der Waals surface area contributed by atoms with E-state index in [1.165, 1.54) is 0 Å². The predicted octanol–water partition coefficient (Wildman–Crippen LogP) is 4.22. The Kier molecular flexibility index (Phi) is 14.8. The molecule has 0 spiro atoms. The molecule has 3 aromatic carbocycles. The minimum atomic E-state index is -1.05. The van der Waals surface area contributed by atoms with Gasteiger partial charge in [0.15, 0.2) is 0 Å². The number of nitrogens with one attached hydrogen (secondary N) is 3. The maximum atomic E-state index is 12.7. The molecule has 12 nitrogen and oxygen atoms in total. The number of hydrogen-bond donors (Lipinski definition) is 5. The Morgan fingerprint density at radius 2 is 1.61 bits per heavy atom. The number of ether oxygens (including phenoxy) is 3. The van der Waals surface area contributed by atoms with Crippen LogP contribution in [0.4, 0.5) is 5.82 Å². The fraction of sp³-hybridized carbons (Fsp3) is 0.351. The van der Waals surface area contributed by atoms with Crippen molar-refractivity contribution in [2.75, 3.05) is 58.0 Å². The largest absolute Gasteiger partial charge is 0.491 e. The first-order valence-corrected chi connectivity index (χ1v) is 16.4. The molecule has 4 rings (SSSR count). The monoisotopic (exact) mass is 671 g/mol. The molecule has 1 heterocycles. The Hall–Kier alpha value is -5.04. The zero-order chi connectivity index (χ0) is 34.8. The molecular formula is C37H45N5O7. The summed E-state index contributed by atoms with van der Waals surface area (Å²) in [5.41, 5.74) is 9.04. The third-order valence-corrected chi connectivity index (χ3v) is 7.59. The summed E-state index contributed by atoms with van der Waals surface area (Å²) in [6, 6.07) is 22.3. The van der Waals surface area contributed by atoms with Crippen LogP contribution in [-0.4, -0.2) is 80.5 Å². The van der Waals surface area contributed by atoms with Crippen molar-refractivity contribution < 1.29 is 33.7 Å². The van der Waals surface area contributed by atoms with E-state index >= 15 is 0 Å². The predicted molar refractivity (Wildman–Crippen MR) is 188 cm³/mol. The van der Waals surface area contributed by atoms with E-state index in [9.17, 15) is 19.5 Å². The van der Waals surface area contributed by atoms with E-state index in [1.807, 2.05) is 79.7 Å². The summed E-state index contributed by atoms with van der Waals surface area (Å²) in [6.07, 6.45) is 2.20. The molecular weight excluding hydrogens is 626 g/mol. The Bertz CT molecular complexity index is 1670. The standard InChI is InChI=1S/C37H45N5O7/c1-26-14-17-40-34(23-26)39-16-4-7-35(43)41-25-36(44)42-32(24-37(45)46)28-10-8-27(9-11-28)29-12-13-33(31-6-3-2-5-30(29)31)49-22-21-48-20-19-47-18-15-38/h2-3,5-6,8-14,17,23,32H,4,7,15-16,18-22,24-25,38H2,1H3,(H,39,40)(H,41,43)(H,42,44)(H,45,46)/t32-/m1/s1. The minimum Gasteiger partial charge on any atom is -0.491 e. The number of rotatable bonds is 21. The van der Waals surface area contributed by atoms with Gasteiger partial charge in [0.05, 0.1) is 45.4 Å². The van der Waals surface area contributed by atoms with E-state index in [1.54, 1.807) is 6.20 Å². The van der Waals surface area contributed by atoms with Gasteiger partial charge in [-0.15, -0.1) is 0 Å². The van der Waals surface area contributed by atoms with Crippen LogP contribution in [0.5, 0.6) is 5.75 Å².